The van der Waals surface area contributed by atoms with Gasteiger partial charge in [-0.05, 0) is 32.1 Å². The Bertz CT molecular complexity index is 1780. The Hall–Kier alpha value is -5.76. The fourth-order valence-electron chi connectivity index (χ4n) is 8.65. The maximum absolute atomic E-state index is 12.9. The Kier molecular flexibility index (Phi) is 44.8. The summed E-state index contributed by atoms with van der Waals surface area (Å²) < 4.78 is 5.66. The van der Waals surface area contributed by atoms with Crippen LogP contribution < -0.4 is 21.3 Å². The van der Waals surface area contributed by atoms with Gasteiger partial charge in [-0.2, -0.15) is 0 Å². The molecule has 6 N–H and O–H groups in total. The van der Waals surface area contributed by atoms with Crippen LogP contribution in [0.3, 0.4) is 0 Å². The molecule has 446 valence electrons. The third-order valence-electron chi connectivity index (χ3n) is 13.1. The third-order valence-corrected chi connectivity index (χ3v) is 13.1. The molecule has 0 rings (SSSR count). The third kappa shape index (κ3) is 45.3. The van der Waals surface area contributed by atoms with Crippen molar-refractivity contribution in [1.82, 2.24) is 31.1 Å². The van der Waals surface area contributed by atoms with E-state index in [-0.39, 0.29) is 38.0 Å². The van der Waals surface area contributed by atoms with E-state index in [1.54, 1.807) is 0 Å². The summed E-state index contributed by atoms with van der Waals surface area (Å²) in [5, 5.41) is 27.6. The average Bonchev–Trinajstić information content (AvgIpc) is 3.38. The Morgan fingerprint density at radius 1 is 0.397 bits per heavy atom. The molecule has 0 spiro atoms. The van der Waals surface area contributed by atoms with Gasteiger partial charge in [0.2, 0.25) is 35.4 Å². The Morgan fingerprint density at radius 2 is 0.744 bits per heavy atom. The molecule has 0 aromatic heterocycles. The number of ether oxygens (including phenoxy) is 1. The number of unbranched alkanes of at least 4 members (excludes halogenated alkanes) is 22. The van der Waals surface area contributed by atoms with Crippen molar-refractivity contribution in [2.24, 2.45) is 5.92 Å². The fraction of sp³-hybridized carbons (Fsp3) is 0.789. The lowest BCUT2D eigenvalue weighted by Crippen LogP contribution is -2.46. The van der Waals surface area contributed by atoms with Crippen molar-refractivity contribution in [2.75, 3.05) is 59.0 Å². The Morgan fingerprint density at radius 3 is 1.10 bits per heavy atom. The number of amides is 6. The lowest BCUT2D eigenvalue weighted by Gasteiger charge is -2.21. The van der Waals surface area contributed by atoms with Gasteiger partial charge in [0.15, 0.2) is 11.6 Å². The summed E-state index contributed by atoms with van der Waals surface area (Å²) in [6.45, 7) is 0.312. The first kappa shape index (κ1) is 72.2. The van der Waals surface area contributed by atoms with Gasteiger partial charge in [0.25, 0.3) is 0 Å². The summed E-state index contributed by atoms with van der Waals surface area (Å²) in [6, 6.07) is 0. The highest BCUT2D eigenvalue weighted by Crippen LogP contribution is 2.21. The van der Waals surface area contributed by atoms with E-state index in [9.17, 15) is 67.7 Å². The van der Waals surface area contributed by atoms with Gasteiger partial charge in [-0.1, -0.05) is 168 Å². The number of carboxylic acid groups (broad SMARTS) is 2. The molecule has 0 saturated heterocycles. The zero-order valence-corrected chi connectivity index (χ0v) is 47.7. The van der Waals surface area contributed by atoms with Crippen LogP contribution in [0.5, 0.6) is 0 Å². The lowest BCUT2D eigenvalue weighted by molar-refractivity contribution is -0.146. The van der Waals surface area contributed by atoms with E-state index < -0.39 is 129 Å². The predicted octanol–water partition coefficient (Wildman–Crippen LogP) is 6.69. The highest BCUT2D eigenvalue weighted by Gasteiger charge is 2.23. The molecule has 0 heterocycles. The van der Waals surface area contributed by atoms with Crippen LogP contribution in [-0.2, 0) is 62.3 Å². The number of hydrogen-bond donors (Lipinski definition) is 6. The van der Waals surface area contributed by atoms with Gasteiger partial charge in [0.05, 0.1) is 58.7 Å². The average molecular weight is 1110 g/mol. The summed E-state index contributed by atoms with van der Waals surface area (Å²) in [5.41, 5.74) is 0. The predicted molar refractivity (Wildman–Crippen MR) is 295 cm³/mol. The second-order valence-electron chi connectivity index (χ2n) is 20.6. The molecule has 0 atom stereocenters. The number of carbonyl (C=O) groups excluding carboxylic acids is 10. The standard InChI is InChI=1S/C57H98N6O15/c1-4-6-8-10-12-14-16-18-20-22-24-26-29-46(30-27-25-23-21-19-17-15-13-11-9-7-5-2)44-78-57(77)34-33-49(67)58-36-51(69)60-38-53(71)62(42-55(73)74)40-47(65)31-28-32-48(66)41-63(43-56(75)76)54(72)39-61-52(70)37-59-50(68)35-45(3)64/h46H,4-44H2,1-3H3,(H,58,67)(H,59,68)(H,60,69)(H,61,70)(H,73,74)(H,75,76). The smallest absolute Gasteiger partial charge is 0.323 e. The fourth-order valence-corrected chi connectivity index (χ4v) is 8.65. The van der Waals surface area contributed by atoms with E-state index in [1.807, 2.05) is 0 Å². The highest BCUT2D eigenvalue weighted by molar-refractivity contribution is 5.98. The molecule has 0 aliphatic heterocycles. The number of nitrogens with one attached hydrogen (secondary N) is 4. The molecule has 0 fully saturated rings. The molecular formula is C57H98N6O15. The molecule has 0 saturated carbocycles. The normalized spacial score (nSPS) is 10.9. The van der Waals surface area contributed by atoms with E-state index in [0.29, 0.717) is 16.4 Å². The van der Waals surface area contributed by atoms with Crippen LogP contribution in [0.4, 0.5) is 0 Å². The molecular weight excluding hydrogens is 1010 g/mol. The number of carboxylic acids is 2. The molecule has 0 radical (unpaired) electrons. The molecule has 78 heavy (non-hydrogen) atoms. The first-order chi connectivity index (χ1) is 37.4. The van der Waals surface area contributed by atoms with Crippen molar-refractivity contribution in [3.05, 3.63) is 0 Å². The number of esters is 1. The summed E-state index contributed by atoms with van der Waals surface area (Å²) in [5.74, 6) is -9.62. The van der Waals surface area contributed by atoms with Gasteiger partial charge in [0.1, 0.15) is 18.9 Å². The van der Waals surface area contributed by atoms with Gasteiger partial charge < -0.3 is 46.0 Å². The van der Waals surface area contributed by atoms with E-state index in [1.165, 1.54) is 135 Å². The molecule has 21 nitrogen and oxygen atoms in total. The van der Waals surface area contributed by atoms with E-state index >= 15 is 0 Å². The summed E-state index contributed by atoms with van der Waals surface area (Å²) in [4.78, 5) is 147. The van der Waals surface area contributed by atoms with Crippen LogP contribution in [0.2, 0.25) is 0 Å². The summed E-state index contributed by atoms with van der Waals surface area (Å²) in [6.07, 6.45) is 30.9. The number of hydrogen-bond acceptors (Lipinski definition) is 13. The maximum Gasteiger partial charge on any atom is 0.323 e. The quantitative estimate of drug-likeness (QED) is 0.0210. The molecule has 0 unspecified atom stereocenters. The van der Waals surface area contributed by atoms with E-state index in [4.69, 9.17) is 4.74 Å². The van der Waals surface area contributed by atoms with Crippen LogP contribution in [-0.4, -0.2) is 150 Å². The number of rotatable bonds is 53. The lowest BCUT2D eigenvalue weighted by atomic mass is 9.94. The van der Waals surface area contributed by atoms with Crippen LogP contribution in [0, 0.1) is 5.92 Å². The second kappa shape index (κ2) is 48.4. The minimum atomic E-state index is -1.45. The number of aliphatic carboxylic acids is 2. The van der Waals surface area contributed by atoms with Gasteiger partial charge in [0, 0.05) is 19.3 Å². The first-order valence-electron chi connectivity index (χ1n) is 29.1. The van der Waals surface area contributed by atoms with Gasteiger partial charge >= 0.3 is 17.9 Å². The molecule has 0 aromatic rings. The molecule has 6 amide bonds. The summed E-state index contributed by atoms with van der Waals surface area (Å²) >= 11 is 0. The first-order valence-corrected chi connectivity index (χ1v) is 29.1. The molecule has 0 aliphatic carbocycles. The number of Topliss-reactive ketones (excluding diaryl/α,β-unsaturated/α-hetero) is 3. The number of ketones is 3. The van der Waals surface area contributed by atoms with Gasteiger partial charge in [-0.15, -0.1) is 0 Å². The highest BCUT2D eigenvalue weighted by atomic mass is 16.5. The van der Waals surface area contributed by atoms with Crippen molar-refractivity contribution in [2.45, 2.75) is 226 Å². The van der Waals surface area contributed by atoms with Gasteiger partial charge in [-0.25, -0.2) is 0 Å². The maximum atomic E-state index is 12.9. The monoisotopic (exact) mass is 1110 g/mol. The van der Waals surface area contributed by atoms with E-state index in [2.05, 4.69) is 35.1 Å². The van der Waals surface area contributed by atoms with Crippen molar-refractivity contribution < 1.29 is 72.5 Å². The second-order valence-corrected chi connectivity index (χ2v) is 20.6. The Balaban J connectivity index is 4.84. The Labute approximate surface area is 464 Å². The zero-order valence-electron chi connectivity index (χ0n) is 47.7. The van der Waals surface area contributed by atoms with Crippen LogP contribution in [0.25, 0.3) is 0 Å². The van der Waals surface area contributed by atoms with Crippen molar-refractivity contribution in [3.63, 3.8) is 0 Å². The van der Waals surface area contributed by atoms with Crippen LogP contribution in [0.15, 0.2) is 0 Å². The van der Waals surface area contributed by atoms with Crippen LogP contribution in [0.1, 0.15) is 226 Å². The largest absolute Gasteiger partial charge is 0.480 e. The number of nitrogens with zero attached hydrogens (tertiary/aromatic N) is 2. The molecule has 0 bridgehead atoms. The van der Waals surface area contributed by atoms with Crippen molar-refractivity contribution >= 4 is 70.7 Å². The molecule has 0 aliphatic rings. The molecule has 0 aromatic carbocycles. The van der Waals surface area contributed by atoms with Gasteiger partial charge in [-0.3, -0.25) is 57.5 Å². The number of carbonyl (C=O) groups is 12. The summed E-state index contributed by atoms with van der Waals surface area (Å²) in [7, 11) is 0. The minimum Gasteiger partial charge on any atom is -0.480 e. The topological polar surface area (TPSA) is 309 Å². The van der Waals surface area contributed by atoms with Crippen LogP contribution >= 0.6 is 0 Å². The zero-order chi connectivity index (χ0) is 58.2. The minimum absolute atomic E-state index is 0.105. The molecule has 21 heteroatoms. The van der Waals surface area contributed by atoms with Crippen molar-refractivity contribution in [1.29, 1.82) is 0 Å². The van der Waals surface area contributed by atoms with E-state index in [0.717, 1.165) is 38.5 Å². The SMILES string of the molecule is CCCCCCCCCCCCCCC(CCCCCCCCCCCCCC)COC(=O)CCC(=O)NCC(=O)NCC(=O)N(CC(=O)O)CC(=O)CCCC(=O)CN(CC(=O)O)C(=O)CNC(=O)CNC(=O)CC(C)=O. The van der Waals surface area contributed by atoms with Crippen molar-refractivity contribution in [3.8, 4) is 0 Å².